The van der Waals surface area contributed by atoms with Gasteiger partial charge in [-0.3, -0.25) is 4.79 Å². The minimum Gasteiger partial charge on any atom is -0.464 e. The van der Waals surface area contributed by atoms with E-state index in [9.17, 15) is 14.7 Å². The number of carbonyl (C=O) groups is 2. The van der Waals surface area contributed by atoms with Crippen molar-refractivity contribution in [3.8, 4) is 0 Å². The lowest BCUT2D eigenvalue weighted by Gasteiger charge is -2.12. The summed E-state index contributed by atoms with van der Waals surface area (Å²) < 4.78 is 4.78. The molecule has 1 saturated heterocycles. The maximum Gasteiger partial charge on any atom is 0.328 e. The molecule has 2 atom stereocenters. The number of ether oxygens (including phenoxy) is 1. The minimum absolute atomic E-state index is 0.0461. The average molecular weight is 325 g/mol. The van der Waals surface area contributed by atoms with Crippen LogP contribution in [0.1, 0.15) is 71.1 Å². The first-order valence-corrected chi connectivity index (χ1v) is 8.92. The van der Waals surface area contributed by atoms with E-state index in [1.807, 2.05) is 0 Å². The molecule has 1 amide bonds. The number of hydrogen-bond acceptors (Lipinski definition) is 4. The molecule has 5 nitrogen and oxygen atoms in total. The van der Waals surface area contributed by atoms with E-state index in [0.29, 0.717) is 19.4 Å². The number of aliphatic hydroxyl groups is 1. The largest absolute Gasteiger partial charge is 0.464 e. The molecule has 0 aromatic carbocycles. The third-order valence-electron chi connectivity index (χ3n) is 3.99. The van der Waals surface area contributed by atoms with Crippen LogP contribution in [-0.2, 0) is 14.3 Å². The Kier molecular flexibility index (Phi) is 10.4. The van der Waals surface area contributed by atoms with Crippen molar-refractivity contribution in [2.24, 2.45) is 0 Å². The molecule has 0 saturated carbocycles. The summed E-state index contributed by atoms with van der Waals surface area (Å²) in [7, 11) is 0. The Morgan fingerprint density at radius 3 is 2.70 bits per heavy atom. The average Bonchev–Trinajstić information content (AvgIpc) is 2.90. The summed E-state index contributed by atoms with van der Waals surface area (Å²) in [5.74, 6) is -0.662. The smallest absolute Gasteiger partial charge is 0.328 e. The molecule has 0 aliphatic carbocycles. The Hall–Kier alpha value is -1.36. The van der Waals surface area contributed by atoms with Crippen LogP contribution in [0.25, 0.3) is 0 Å². The van der Waals surface area contributed by atoms with Crippen molar-refractivity contribution >= 4 is 11.9 Å². The number of unbranched alkanes of at least 4 members (excludes halogenated alkanes) is 5. The highest BCUT2D eigenvalue weighted by Gasteiger charge is 2.28. The number of nitrogens with one attached hydrogen (secondary N) is 1. The van der Waals surface area contributed by atoms with Crippen molar-refractivity contribution in [1.29, 1.82) is 0 Å². The zero-order chi connectivity index (χ0) is 16.9. The Morgan fingerprint density at radius 2 is 2.04 bits per heavy atom. The number of hydrogen-bond donors (Lipinski definition) is 2. The van der Waals surface area contributed by atoms with E-state index in [2.05, 4.69) is 24.4 Å². The molecule has 2 N–H and O–H groups in total. The molecule has 1 fully saturated rings. The van der Waals surface area contributed by atoms with E-state index in [1.165, 1.54) is 25.7 Å². The number of cyclic esters (lactones) is 1. The summed E-state index contributed by atoms with van der Waals surface area (Å²) in [5.41, 5.74) is 0. The second-order valence-corrected chi connectivity index (χ2v) is 6.19. The minimum atomic E-state index is -0.648. The van der Waals surface area contributed by atoms with Crippen LogP contribution in [0.4, 0.5) is 0 Å². The molecule has 1 heterocycles. The Labute approximate surface area is 139 Å². The molecule has 132 valence electrons. The summed E-state index contributed by atoms with van der Waals surface area (Å²) in [6, 6.07) is -0.537. The van der Waals surface area contributed by atoms with Gasteiger partial charge in [0.05, 0.1) is 19.1 Å². The van der Waals surface area contributed by atoms with Gasteiger partial charge in [-0.05, 0) is 32.1 Å². The van der Waals surface area contributed by atoms with Gasteiger partial charge in [-0.1, -0.05) is 38.3 Å². The van der Waals surface area contributed by atoms with Crippen LogP contribution in [0.15, 0.2) is 12.2 Å². The van der Waals surface area contributed by atoms with E-state index in [0.717, 1.165) is 19.3 Å². The number of aliphatic hydroxyl groups excluding tert-OH is 1. The summed E-state index contributed by atoms with van der Waals surface area (Å²) in [6.45, 7) is 2.57. The Bertz CT molecular complexity index is 381. The Balaban J connectivity index is 2.01. The lowest BCUT2D eigenvalue weighted by molar-refractivity contribution is -0.141. The van der Waals surface area contributed by atoms with Gasteiger partial charge in [-0.2, -0.15) is 0 Å². The van der Waals surface area contributed by atoms with Crippen molar-refractivity contribution in [2.75, 3.05) is 6.61 Å². The molecule has 0 bridgehead atoms. The van der Waals surface area contributed by atoms with E-state index < -0.39 is 12.1 Å². The van der Waals surface area contributed by atoms with Gasteiger partial charge < -0.3 is 15.2 Å². The first-order valence-electron chi connectivity index (χ1n) is 8.92. The topological polar surface area (TPSA) is 75.6 Å². The van der Waals surface area contributed by atoms with Gasteiger partial charge in [-0.15, -0.1) is 0 Å². The predicted molar refractivity (Wildman–Crippen MR) is 89.9 cm³/mol. The van der Waals surface area contributed by atoms with Crippen molar-refractivity contribution < 1.29 is 19.4 Å². The molecular formula is C18H31NO4. The number of rotatable bonds is 12. The fourth-order valence-corrected chi connectivity index (χ4v) is 2.59. The molecule has 1 aliphatic rings. The molecule has 0 spiro atoms. The second-order valence-electron chi connectivity index (χ2n) is 6.19. The lowest BCUT2D eigenvalue weighted by atomic mass is 10.1. The van der Waals surface area contributed by atoms with Crippen LogP contribution < -0.4 is 5.32 Å². The number of esters is 1. The van der Waals surface area contributed by atoms with E-state index in [-0.39, 0.29) is 18.3 Å². The van der Waals surface area contributed by atoms with Gasteiger partial charge in [-0.25, -0.2) is 4.79 Å². The fourth-order valence-electron chi connectivity index (χ4n) is 2.59. The highest BCUT2D eigenvalue weighted by Crippen LogP contribution is 2.09. The first-order chi connectivity index (χ1) is 11.1. The third kappa shape index (κ3) is 9.39. The van der Waals surface area contributed by atoms with Crippen LogP contribution >= 0.6 is 0 Å². The maximum absolute atomic E-state index is 11.7. The van der Waals surface area contributed by atoms with Crippen molar-refractivity contribution in [3.63, 3.8) is 0 Å². The van der Waals surface area contributed by atoms with E-state index in [4.69, 9.17) is 4.74 Å². The van der Waals surface area contributed by atoms with Gasteiger partial charge >= 0.3 is 5.97 Å². The van der Waals surface area contributed by atoms with Crippen LogP contribution in [0.5, 0.6) is 0 Å². The van der Waals surface area contributed by atoms with Crippen molar-refractivity contribution in [3.05, 3.63) is 12.2 Å². The SMILES string of the molecule is CCCCCC/C=C\CCC[C@H](O)CC(=O)N[C@@H]1CCOC1=O. The van der Waals surface area contributed by atoms with Gasteiger partial charge in [0.2, 0.25) is 5.91 Å². The van der Waals surface area contributed by atoms with Crippen LogP contribution in [0.3, 0.4) is 0 Å². The van der Waals surface area contributed by atoms with Gasteiger partial charge in [0.15, 0.2) is 0 Å². The van der Waals surface area contributed by atoms with Crippen LogP contribution in [0.2, 0.25) is 0 Å². The summed E-state index contributed by atoms with van der Waals surface area (Å²) >= 11 is 0. The van der Waals surface area contributed by atoms with Gasteiger partial charge in [0, 0.05) is 6.42 Å². The molecule has 23 heavy (non-hydrogen) atoms. The number of amides is 1. The molecule has 0 radical (unpaired) electrons. The monoisotopic (exact) mass is 325 g/mol. The molecule has 0 aromatic rings. The van der Waals surface area contributed by atoms with Crippen LogP contribution in [-0.4, -0.2) is 35.7 Å². The Morgan fingerprint density at radius 1 is 1.30 bits per heavy atom. The summed E-state index contributed by atoms with van der Waals surface area (Å²) in [4.78, 5) is 23.0. The predicted octanol–water partition coefficient (Wildman–Crippen LogP) is 2.87. The zero-order valence-electron chi connectivity index (χ0n) is 14.3. The molecule has 0 aromatic heterocycles. The van der Waals surface area contributed by atoms with Gasteiger partial charge in [0.25, 0.3) is 0 Å². The third-order valence-corrected chi connectivity index (χ3v) is 3.99. The number of carbonyl (C=O) groups excluding carboxylic acids is 2. The molecule has 5 heteroatoms. The normalized spacial score (nSPS) is 19.0. The standard InChI is InChI=1S/C18H31NO4/c1-2-3-4-5-6-7-8-9-10-11-15(20)14-17(21)19-16-12-13-23-18(16)22/h7-8,15-16,20H,2-6,9-14H2,1H3,(H,19,21)/b8-7-/t15-,16+/m0/s1. The highest BCUT2D eigenvalue weighted by molar-refractivity contribution is 5.85. The molecular weight excluding hydrogens is 294 g/mol. The lowest BCUT2D eigenvalue weighted by Crippen LogP contribution is -2.39. The molecule has 1 rings (SSSR count). The quantitative estimate of drug-likeness (QED) is 0.329. The van der Waals surface area contributed by atoms with Gasteiger partial charge in [0.1, 0.15) is 6.04 Å². The maximum atomic E-state index is 11.7. The zero-order valence-corrected chi connectivity index (χ0v) is 14.3. The summed E-state index contributed by atoms with van der Waals surface area (Å²) in [5, 5.41) is 12.5. The second kappa shape index (κ2) is 12.1. The molecule has 0 unspecified atom stereocenters. The van der Waals surface area contributed by atoms with Crippen molar-refractivity contribution in [2.45, 2.75) is 83.3 Å². The fraction of sp³-hybridized carbons (Fsp3) is 0.778. The molecule has 1 aliphatic heterocycles. The highest BCUT2D eigenvalue weighted by atomic mass is 16.5. The van der Waals surface area contributed by atoms with E-state index in [1.54, 1.807) is 0 Å². The van der Waals surface area contributed by atoms with Crippen LogP contribution in [0, 0.1) is 0 Å². The summed E-state index contributed by atoms with van der Waals surface area (Å²) in [6.07, 6.45) is 12.9. The van der Waals surface area contributed by atoms with Crippen molar-refractivity contribution in [1.82, 2.24) is 5.32 Å². The first kappa shape index (κ1) is 19.7. The van der Waals surface area contributed by atoms with E-state index >= 15 is 0 Å². The number of allylic oxidation sites excluding steroid dienone is 2.